The number of allylic oxidation sites excluding steroid dienone is 1. The third-order valence-corrected chi connectivity index (χ3v) is 8.82. The molecule has 0 saturated heterocycles. The third kappa shape index (κ3) is 4.56. The summed E-state index contributed by atoms with van der Waals surface area (Å²) in [6, 6.07) is 14.2. The number of rotatable bonds is 4. The van der Waals surface area contributed by atoms with Crippen LogP contribution in [0, 0.1) is 58.2 Å². The number of hydrogen-bond acceptors (Lipinski definition) is 0. The van der Waals surface area contributed by atoms with Gasteiger partial charge in [0.15, 0.2) is 0 Å². The molecular formula is C34H18BF10Si. The van der Waals surface area contributed by atoms with Gasteiger partial charge in [-0.15, -0.1) is 0 Å². The van der Waals surface area contributed by atoms with E-state index in [1.54, 1.807) is 49.4 Å². The molecule has 0 aliphatic heterocycles. The molecule has 1 radical (unpaired) electrons. The topological polar surface area (TPSA) is 0 Å². The van der Waals surface area contributed by atoms with Crippen molar-refractivity contribution in [3.8, 4) is 22.3 Å². The van der Waals surface area contributed by atoms with Crippen molar-refractivity contribution in [2.45, 2.75) is 20.0 Å². The van der Waals surface area contributed by atoms with E-state index in [2.05, 4.69) is 0 Å². The summed E-state index contributed by atoms with van der Waals surface area (Å²) in [6.07, 6.45) is 0. The molecule has 5 aromatic carbocycles. The molecule has 0 N–H and O–H groups in total. The van der Waals surface area contributed by atoms with Crippen LogP contribution in [0.15, 0.2) is 60.2 Å². The average molecular weight is 655 g/mol. The number of hydrogen-bond donors (Lipinski definition) is 0. The molecule has 6 rings (SSSR count). The SMILES string of the molecule is CC1=C(c2cccc3ccccc23)c2c(ccc(-c3c(F)c(F)c(F)c(F)c3F)c2-c2c(F)c(F)c(F)c(F)c2F)C1=B[Si](C)C. The molecule has 0 aromatic heterocycles. The molecule has 0 atom stereocenters. The molecule has 0 spiro atoms. The van der Waals surface area contributed by atoms with Crippen molar-refractivity contribution in [2.75, 3.05) is 0 Å². The second kappa shape index (κ2) is 11.4. The Morgan fingerprint density at radius 1 is 0.457 bits per heavy atom. The van der Waals surface area contributed by atoms with E-state index < -0.39 is 89.1 Å². The summed E-state index contributed by atoms with van der Waals surface area (Å²) in [4.78, 5) is 0. The zero-order valence-corrected chi connectivity index (χ0v) is 25.1. The van der Waals surface area contributed by atoms with Gasteiger partial charge in [-0.2, -0.15) is 0 Å². The fourth-order valence-corrected chi connectivity index (χ4v) is 6.95. The van der Waals surface area contributed by atoms with Crippen molar-refractivity contribution in [1.82, 2.24) is 0 Å². The van der Waals surface area contributed by atoms with Crippen LogP contribution in [-0.4, -0.2) is 20.6 Å². The Bertz CT molecular complexity index is 2140. The fraction of sp³-hybridized carbons (Fsp3) is 0.0882. The first-order valence-electron chi connectivity index (χ1n) is 13.7. The predicted molar refractivity (Wildman–Crippen MR) is 160 cm³/mol. The minimum atomic E-state index is -2.49. The van der Waals surface area contributed by atoms with Crippen molar-refractivity contribution < 1.29 is 43.9 Å². The van der Waals surface area contributed by atoms with E-state index in [9.17, 15) is 26.3 Å². The third-order valence-electron chi connectivity index (χ3n) is 7.96. The molecule has 0 amide bonds. The maximum atomic E-state index is 15.7. The first-order chi connectivity index (χ1) is 21.8. The van der Waals surface area contributed by atoms with Gasteiger partial charge in [0.1, 0.15) is 0 Å². The van der Waals surface area contributed by atoms with Gasteiger partial charge in [-0.3, -0.25) is 0 Å². The molecule has 231 valence electrons. The van der Waals surface area contributed by atoms with Gasteiger partial charge in [0.05, 0.1) is 0 Å². The van der Waals surface area contributed by atoms with Crippen molar-refractivity contribution in [2.24, 2.45) is 0 Å². The first-order valence-corrected chi connectivity index (χ1v) is 16.3. The molecule has 0 bridgehead atoms. The second-order valence-corrected chi connectivity index (χ2v) is 13.4. The number of fused-ring (bicyclic) bond motifs is 2. The van der Waals surface area contributed by atoms with Crippen molar-refractivity contribution in [3.63, 3.8) is 0 Å². The Morgan fingerprint density at radius 2 is 0.935 bits per heavy atom. The van der Waals surface area contributed by atoms with E-state index in [-0.39, 0.29) is 16.7 Å². The van der Waals surface area contributed by atoms with Crippen LogP contribution in [0.25, 0.3) is 38.6 Å². The Morgan fingerprint density at radius 3 is 1.50 bits per heavy atom. The Labute approximate surface area is 258 Å². The van der Waals surface area contributed by atoms with E-state index in [0.717, 1.165) is 6.07 Å². The monoisotopic (exact) mass is 655 g/mol. The second-order valence-electron chi connectivity index (χ2n) is 11.0. The Hall–Kier alpha value is -4.45. The summed E-state index contributed by atoms with van der Waals surface area (Å²) >= 11 is 0. The van der Waals surface area contributed by atoms with E-state index in [4.69, 9.17) is 0 Å². The van der Waals surface area contributed by atoms with Crippen LogP contribution in [-0.2, 0) is 0 Å². The summed E-state index contributed by atoms with van der Waals surface area (Å²) in [7, 11) is -1.22. The summed E-state index contributed by atoms with van der Waals surface area (Å²) in [5.41, 5.74) is -3.42. The molecule has 46 heavy (non-hydrogen) atoms. The van der Waals surface area contributed by atoms with Gasteiger partial charge in [0.2, 0.25) is 0 Å². The van der Waals surface area contributed by atoms with Crippen molar-refractivity contribution in [1.29, 1.82) is 0 Å². The van der Waals surface area contributed by atoms with Crippen LogP contribution in [0.4, 0.5) is 43.9 Å². The van der Waals surface area contributed by atoms with Gasteiger partial charge in [0, 0.05) is 0 Å². The van der Waals surface area contributed by atoms with Crippen molar-refractivity contribution in [3.05, 3.63) is 135 Å². The molecule has 0 heterocycles. The molecular weight excluding hydrogens is 637 g/mol. The first kappa shape index (κ1) is 31.5. The quantitative estimate of drug-likeness (QED) is 0.0783. The molecule has 12 heteroatoms. The molecule has 1 aliphatic carbocycles. The summed E-state index contributed by atoms with van der Waals surface area (Å²) in [5, 5.41) is 1.32. The summed E-state index contributed by atoms with van der Waals surface area (Å²) < 4.78 is 149. The zero-order valence-electron chi connectivity index (χ0n) is 24.1. The average Bonchev–Trinajstić information content (AvgIpc) is 3.31. The van der Waals surface area contributed by atoms with Crippen LogP contribution in [0.1, 0.15) is 23.6 Å². The van der Waals surface area contributed by atoms with Crippen LogP contribution in [0.3, 0.4) is 0 Å². The molecule has 0 fully saturated rings. The van der Waals surface area contributed by atoms with E-state index in [1.807, 2.05) is 19.6 Å². The Balaban J connectivity index is 1.90. The zero-order chi connectivity index (χ0) is 33.4. The van der Waals surface area contributed by atoms with Crippen LogP contribution in [0.5, 0.6) is 0 Å². The minimum absolute atomic E-state index is 0.201. The van der Waals surface area contributed by atoms with Crippen LogP contribution >= 0.6 is 0 Å². The number of halogens is 10. The molecule has 1 aliphatic rings. The standard InChI is InChI=1S/C34H18BF10Si/c1-13-19(16-10-6-8-14-7-4-5-9-15(14)16)21-18(24(13)35-46(2)3)12-11-17(22-25(36)29(40)33(44)30(41)26(22)37)20(21)23-27(38)31(42)34(45)32(43)28(23)39/h4-12H,1-3H3. The van der Waals surface area contributed by atoms with Gasteiger partial charge in [-0.05, 0) is 0 Å². The molecule has 0 nitrogen and oxygen atoms in total. The van der Waals surface area contributed by atoms with Gasteiger partial charge in [0.25, 0.3) is 0 Å². The number of benzene rings is 5. The maximum absolute atomic E-state index is 15.7. The Kier molecular flexibility index (Phi) is 7.82. The normalized spacial score (nSPS) is 13.7. The van der Waals surface area contributed by atoms with Crippen LogP contribution < -0.4 is 0 Å². The van der Waals surface area contributed by atoms with Gasteiger partial charge in [-0.25, -0.2) is 0 Å². The van der Waals surface area contributed by atoms with Crippen molar-refractivity contribution >= 4 is 37.0 Å². The molecule has 5 aromatic rings. The summed E-state index contributed by atoms with van der Waals surface area (Å²) in [6.45, 7) is 7.38. The predicted octanol–water partition coefficient (Wildman–Crippen LogP) is 9.88. The van der Waals surface area contributed by atoms with Gasteiger partial charge < -0.3 is 0 Å². The summed E-state index contributed by atoms with van der Waals surface area (Å²) in [5.74, 6) is -23.8. The fourth-order valence-electron chi connectivity index (χ4n) is 6.00. The van der Waals surface area contributed by atoms with Crippen LogP contribution in [0.2, 0.25) is 13.1 Å². The van der Waals surface area contributed by atoms with Gasteiger partial charge >= 0.3 is 258 Å². The molecule has 0 saturated carbocycles. The van der Waals surface area contributed by atoms with E-state index >= 15 is 17.6 Å². The molecule has 0 unspecified atom stereocenters. The van der Waals surface area contributed by atoms with Gasteiger partial charge in [-0.1, -0.05) is 0 Å². The van der Waals surface area contributed by atoms with E-state index in [0.29, 0.717) is 27.4 Å². The van der Waals surface area contributed by atoms with E-state index in [1.165, 1.54) is 6.07 Å².